The van der Waals surface area contributed by atoms with E-state index in [9.17, 15) is 5.11 Å². The van der Waals surface area contributed by atoms with Crippen LogP contribution < -0.4 is 4.90 Å². The predicted molar refractivity (Wildman–Crippen MR) is 67.1 cm³/mol. The van der Waals surface area contributed by atoms with Crippen molar-refractivity contribution in [2.24, 2.45) is 0 Å². The molecule has 1 aliphatic heterocycles. The molecule has 1 aromatic heterocycles. The molecule has 0 aliphatic carbocycles. The molecule has 16 heavy (non-hydrogen) atoms. The van der Waals surface area contributed by atoms with Crippen LogP contribution in [0.2, 0.25) is 0 Å². The summed E-state index contributed by atoms with van der Waals surface area (Å²) in [6.07, 6.45) is 1.80. The molecule has 4 heteroatoms. The second kappa shape index (κ2) is 4.03. The molecule has 84 valence electrons. The minimum absolute atomic E-state index is 0.186. The van der Waals surface area contributed by atoms with Gasteiger partial charge >= 0.3 is 0 Å². The van der Waals surface area contributed by atoms with Crippen LogP contribution >= 0.6 is 11.5 Å². The molecule has 0 amide bonds. The van der Waals surface area contributed by atoms with Gasteiger partial charge in [0.1, 0.15) is 5.00 Å². The van der Waals surface area contributed by atoms with Gasteiger partial charge in [0.25, 0.3) is 0 Å². The molecule has 1 aromatic carbocycles. The van der Waals surface area contributed by atoms with Crippen molar-refractivity contribution in [3.05, 3.63) is 24.3 Å². The molecular weight excluding hydrogens is 220 g/mol. The number of nitrogens with zero attached hydrogens (tertiary/aromatic N) is 2. The third-order valence-corrected chi connectivity index (χ3v) is 3.99. The zero-order valence-corrected chi connectivity index (χ0v) is 9.78. The molecule has 1 atom stereocenters. The van der Waals surface area contributed by atoms with Gasteiger partial charge in [-0.3, -0.25) is 0 Å². The zero-order chi connectivity index (χ0) is 11.0. The van der Waals surface area contributed by atoms with E-state index in [1.807, 2.05) is 18.2 Å². The van der Waals surface area contributed by atoms with E-state index in [4.69, 9.17) is 0 Å². The molecule has 1 fully saturated rings. The summed E-state index contributed by atoms with van der Waals surface area (Å²) in [5.74, 6) is 0. The maximum Gasteiger partial charge on any atom is 0.120 e. The Hall–Kier alpha value is -1.13. The molecule has 0 bridgehead atoms. The molecule has 3 nitrogen and oxygen atoms in total. The average molecular weight is 234 g/mol. The topological polar surface area (TPSA) is 36.4 Å². The monoisotopic (exact) mass is 234 g/mol. The van der Waals surface area contributed by atoms with Crippen molar-refractivity contribution in [2.45, 2.75) is 18.9 Å². The Morgan fingerprint density at radius 2 is 2.25 bits per heavy atom. The van der Waals surface area contributed by atoms with Crippen LogP contribution in [0.15, 0.2) is 24.3 Å². The van der Waals surface area contributed by atoms with Gasteiger partial charge < -0.3 is 10.0 Å². The lowest BCUT2D eigenvalue weighted by Gasteiger charge is -2.30. The van der Waals surface area contributed by atoms with Gasteiger partial charge in [-0.1, -0.05) is 12.1 Å². The van der Waals surface area contributed by atoms with Gasteiger partial charge in [-0.25, -0.2) is 0 Å². The molecule has 3 rings (SSSR count). The molecule has 0 unspecified atom stereocenters. The highest BCUT2D eigenvalue weighted by atomic mass is 32.1. The third kappa shape index (κ3) is 1.68. The maximum absolute atomic E-state index is 9.69. The second-order valence-electron chi connectivity index (χ2n) is 4.25. The third-order valence-electron chi connectivity index (χ3n) is 3.05. The molecule has 2 aromatic rings. The van der Waals surface area contributed by atoms with Gasteiger partial charge in [0.05, 0.1) is 11.6 Å². The molecule has 0 saturated carbocycles. The van der Waals surface area contributed by atoms with Gasteiger partial charge in [0.2, 0.25) is 0 Å². The van der Waals surface area contributed by atoms with Crippen molar-refractivity contribution < 1.29 is 5.11 Å². The van der Waals surface area contributed by atoms with E-state index < -0.39 is 0 Å². The van der Waals surface area contributed by atoms with Gasteiger partial charge in [0.15, 0.2) is 0 Å². The van der Waals surface area contributed by atoms with E-state index >= 15 is 0 Å². The summed E-state index contributed by atoms with van der Waals surface area (Å²) in [4.78, 5) is 2.26. The van der Waals surface area contributed by atoms with Crippen molar-refractivity contribution in [1.82, 2.24) is 4.37 Å². The number of fused-ring (bicyclic) bond motifs is 1. The first kappa shape index (κ1) is 10.1. The minimum Gasteiger partial charge on any atom is -0.391 e. The maximum atomic E-state index is 9.69. The van der Waals surface area contributed by atoms with Crippen LogP contribution in [0.4, 0.5) is 5.00 Å². The number of benzene rings is 1. The molecule has 0 spiro atoms. The average Bonchev–Trinajstić information content (AvgIpc) is 2.72. The Kier molecular flexibility index (Phi) is 2.53. The Morgan fingerprint density at radius 3 is 3.12 bits per heavy atom. The summed E-state index contributed by atoms with van der Waals surface area (Å²) in [6.45, 7) is 1.77. The fraction of sp³-hybridized carbons (Fsp3) is 0.417. The molecule has 2 heterocycles. The first-order valence-corrected chi connectivity index (χ1v) is 6.39. The van der Waals surface area contributed by atoms with E-state index in [2.05, 4.69) is 15.3 Å². The SMILES string of the molecule is O[C@H]1CCCN(c2snc3ccccc23)C1. The molecule has 1 aliphatic rings. The Morgan fingerprint density at radius 1 is 1.38 bits per heavy atom. The van der Waals surface area contributed by atoms with Crippen LogP contribution in [0.5, 0.6) is 0 Å². The lowest BCUT2D eigenvalue weighted by atomic mass is 10.1. The number of hydrogen-bond donors (Lipinski definition) is 1. The van der Waals surface area contributed by atoms with E-state index in [1.165, 1.54) is 21.9 Å². The number of aliphatic hydroxyl groups excluding tert-OH is 1. The van der Waals surface area contributed by atoms with Gasteiger partial charge in [-0.2, -0.15) is 4.37 Å². The van der Waals surface area contributed by atoms with E-state index in [0.717, 1.165) is 31.4 Å². The fourth-order valence-electron chi connectivity index (χ4n) is 2.24. The molecule has 0 radical (unpaired) electrons. The number of rotatable bonds is 1. The van der Waals surface area contributed by atoms with Gasteiger partial charge in [-0.15, -0.1) is 0 Å². The van der Waals surface area contributed by atoms with Crippen LogP contribution in [0, 0.1) is 0 Å². The molecule has 1 N–H and O–H groups in total. The van der Waals surface area contributed by atoms with Crippen LogP contribution in [-0.4, -0.2) is 28.7 Å². The Bertz CT molecular complexity index is 496. The van der Waals surface area contributed by atoms with Crippen molar-refractivity contribution in [3.63, 3.8) is 0 Å². The summed E-state index contributed by atoms with van der Waals surface area (Å²) in [5.41, 5.74) is 1.06. The van der Waals surface area contributed by atoms with Gasteiger partial charge in [0, 0.05) is 18.5 Å². The molecular formula is C12H14N2OS. The summed E-state index contributed by atoms with van der Waals surface area (Å²) in [6, 6.07) is 8.20. The van der Waals surface area contributed by atoms with Gasteiger partial charge in [-0.05, 0) is 36.5 Å². The normalized spacial score (nSPS) is 21.6. The number of aromatic nitrogens is 1. The Balaban J connectivity index is 1.99. The highest BCUT2D eigenvalue weighted by molar-refractivity contribution is 7.11. The van der Waals surface area contributed by atoms with Crippen LogP contribution in [0.3, 0.4) is 0 Å². The quantitative estimate of drug-likeness (QED) is 0.822. The fourth-order valence-corrected chi connectivity index (χ4v) is 3.14. The van der Waals surface area contributed by atoms with Crippen molar-refractivity contribution >= 4 is 27.4 Å². The smallest absolute Gasteiger partial charge is 0.120 e. The highest BCUT2D eigenvalue weighted by Crippen LogP contribution is 2.32. The summed E-state index contributed by atoms with van der Waals surface area (Å²) in [7, 11) is 0. The summed E-state index contributed by atoms with van der Waals surface area (Å²) < 4.78 is 4.44. The highest BCUT2D eigenvalue weighted by Gasteiger charge is 2.20. The van der Waals surface area contributed by atoms with E-state index in [0.29, 0.717) is 0 Å². The first-order valence-electron chi connectivity index (χ1n) is 5.62. The number of β-amino-alcohol motifs (C(OH)–C–C–N with tert-alkyl or cyclic N) is 1. The Labute approximate surface area is 98.5 Å². The number of aliphatic hydroxyl groups is 1. The summed E-state index contributed by atoms with van der Waals surface area (Å²) >= 11 is 1.54. The first-order chi connectivity index (χ1) is 7.84. The van der Waals surface area contributed by atoms with Crippen molar-refractivity contribution in [3.8, 4) is 0 Å². The number of anilines is 1. The minimum atomic E-state index is -0.186. The van der Waals surface area contributed by atoms with E-state index in [-0.39, 0.29) is 6.10 Å². The zero-order valence-electron chi connectivity index (χ0n) is 8.97. The predicted octanol–water partition coefficient (Wildman–Crippen LogP) is 2.26. The van der Waals surface area contributed by atoms with Crippen molar-refractivity contribution in [2.75, 3.05) is 18.0 Å². The van der Waals surface area contributed by atoms with Crippen molar-refractivity contribution in [1.29, 1.82) is 0 Å². The van der Waals surface area contributed by atoms with E-state index in [1.54, 1.807) is 0 Å². The largest absolute Gasteiger partial charge is 0.391 e. The van der Waals surface area contributed by atoms with Crippen LogP contribution in [-0.2, 0) is 0 Å². The summed E-state index contributed by atoms with van der Waals surface area (Å²) in [5, 5.41) is 12.1. The lowest BCUT2D eigenvalue weighted by molar-refractivity contribution is 0.154. The number of piperidine rings is 1. The number of hydrogen-bond acceptors (Lipinski definition) is 4. The molecule has 1 saturated heterocycles. The second-order valence-corrected chi connectivity index (χ2v) is 5.00. The van der Waals surface area contributed by atoms with Crippen LogP contribution in [0.1, 0.15) is 12.8 Å². The van der Waals surface area contributed by atoms with Crippen LogP contribution in [0.25, 0.3) is 10.9 Å². The lowest BCUT2D eigenvalue weighted by Crippen LogP contribution is -2.37. The standard InChI is InChI=1S/C12H14N2OS/c15-9-4-3-7-14(8-9)12-10-5-1-2-6-11(10)13-16-12/h1-2,5-6,9,15H,3-4,7-8H2/t9-/m0/s1.